The predicted molar refractivity (Wildman–Crippen MR) is 71.7 cm³/mol. The van der Waals surface area contributed by atoms with Gasteiger partial charge in [0.1, 0.15) is 0 Å². The Labute approximate surface area is 104 Å². The smallest absolute Gasteiger partial charge is 0.0755 e. The van der Waals surface area contributed by atoms with E-state index in [1.165, 1.54) is 0 Å². The van der Waals surface area contributed by atoms with Crippen LogP contribution in [0.3, 0.4) is 0 Å². The third kappa shape index (κ3) is 4.49. The van der Waals surface area contributed by atoms with Crippen molar-refractivity contribution >= 4 is 0 Å². The third-order valence-electron chi connectivity index (χ3n) is 3.35. The van der Waals surface area contributed by atoms with Crippen molar-refractivity contribution in [1.82, 2.24) is 0 Å². The molecule has 0 aromatic heterocycles. The van der Waals surface area contributed by atoms with Gasteiger partial charge >= 0.3 is 0 Å². The minimum absolute atomic E-state index is 0.0576. The fourth-order valence-electron chi connectivity index (χ4n) is 2.07. The minimum atomic E-state index is -0.496. The molecule has 0 bridgehead atoms. The Morgan fingerprint density at radius 1 is 1.18 bits per heavy atom. The van der Waals surface area contributed by atoms with Crippen molar-refractivity contribution in [3.63, 3.8) is 0 Å². The molecule has 2 heteroatoms. The normalized spacial score (nSPS) is 32.9. The molecule has 96 valence electrons. The van der Waals surface area contributed by atoms with Gasteiger partial charge < -0.3 is 10.2 Å². The average Bonchev–Trinajstić information content (AvgIpc) is 2.23. The lowest BCUT2D eigenvalue weighted by atomic mass is 9.84. The van der Waals surface area contributed by atoms with Gasteiger partial charge in [0.2, 0.25) is 0 Å². The fourth-order valence-corrected chi connectivity index (χ4v) is 2.07. The molecular weight excluding hydrogens is 212 g/mol. The maximum atomic E-state index is 10.0. The zero-order chi connectivity index (χ0) is 13.1. The summed E-state index contributed by atoms with van der Waals surface area (Å²) >= 11 is 0. The molecule has 2 nitrogen and oxygen atoms in total. The Bertz CT molecular complexity index is 326. The van der Waals surface area contributed by atoms with Crippen molar-refractivity contribution in [2.75, 3.05) is 0 Å². The zero-order valence-corrected chi connectivity index (χ0v) is 10.9. The molecule has 0 radical (unpaired) electrons. The maximum absolute atomic E-state index is 10.0. The highest BCUT2D eigenvalue weighted by Crippen LogP contribution is 2.29. The third-order valence-corrected chi connectivity index (χ3v) is 3.35. The van der Waals surface area contributed by atoms with Crippen molar-refractivity contribution in [1.29, 1.82) is 0 Å². The summed E-state index contributed by atoms with van der Waals surface area (Å²) in [5, 5.41) is 19.9. The van der Waals surface area contributed by atoms with Gasteiger partial charge in [-0.05, 0) is 42.2 Å². The second kappa shape index (κ2) is 5.65. The highest BCUT2D eigenvalue weighted by atomic mass is 16.3. The van der Waals surface area contributed by atoms with Crippen molar-refractivity contribution in [3.05, 3.63) is 36.5 Å². The number of rotatable bonds is 0. The van der Waals surface area contributed by atoms with E-state index >= 15 is 0 Å². The summed E-state index contributed by atoms with van der Waals surface area (Å²) in [6.45, 7) is 12.0. The highest BCUT2D eigenvalue weighted by molar-refractivity contribution is 5.14. The number of aliphatic hydroxyl groups is 2. The van der Waals surface area contributed by atoms with E-state index < -0.39 is 12.2 Å². The van der Waals surface area contributed by atoms with Crippen molar-refractivity contribution in [2.45, 2.75) is 51.7 Å². The molecule has 0 spiro atoms. The van der Waals surface area contributed by atoms with E-state index in [1.807, 2.05) is 6.08 Å². The van der Waals surface area contributed by atoms with Gasteiger partial charge in [-0.1, -0.05) is 39.2 Å². The molecule has 0 saturated carbocycles. The molecule has 0 aromatic rings. The van der Waals surface area contributed by atoms with E-state index in [4.69, 9.17) is 0 Å². The van der Waals surface area contributed by atoms with Crippen LogP contribution in [0.5, 0.6) is 0 Å². The van der Waals surface area contributed by atoms with E-state index in [1.54, 1.807) is 0 Å². The molecule has 2 atom stereocenters. The van der Waals surface area contributed by atoms with Crippen LogP contribution in [0.2, 0.25) is 0 Å². The number of hydrogen-bond acceptors (Lipinski definition) is 2. The highest BCUT2D eigenvalue weighted by Gasteiger charge is 2.22. The Morgan fingerprint density at radius 2 is 1.82 bits per heavy atom. The van der Waals surface area contributed by atoms with E-state index in [2.05, 4.69) is 33.1 Å². The minimum Gasteiger partial charge on any atom is -0.389 e. The van der Waals surface area contributed by atoms with Gasteiger partial charge in [0.25, 0.3) is 0 Å². The van der Waals surface area contributed by atoms with Gasteiger partial charge in [0, 0.05) is 0 Å². The van der Waals surface area contributed by atoms with Crippen LogP contribution in [-0.2, 0) is 0 Å². The van der Waals surface area contributed by atoms with Gasteiger partial charge in [-0.25, -0.2) is 0 Å². The van der Waals surface area contributed by atoms with Crippen LogP contribution < -0.4 is 0 Å². The molecule has 2 N–H and O–H groups in total. The van der Waals surface area contributed by atoms with Crippen molar-refractivity contribution in [3.8, 4) is 0 Å². The second-order valence-electron chi connectivity index (χ2n) is 5.69. The van der Waals surface area contributed by atoms with Crippen LogP contribution >= 0.6 is 0 Å². The summed E-state index contributed by atoms with van der Waals surface area (Å²) < 4.78 is 0. The fraction of sp³-hybridized carbons (Fsp3) is 0.600. The van der Waals surface area contributed by atoms with Gasteiger partial charge in [0.15, 0.2) is 0 Å². The molecule has 1 aliphatic rings. The van der Waals surface area contributed by atoms with Gasteiger partial charge in [-0.15, -0.1) is 0 Å². The molecule has 1 aliphatic carbocycles. The quantitative estimate of drug-likeness (QED) is 0.635. The molecule has 1 rings (SSSR count). The maximum Gasteiger partial charge on any atom is 0.0755 e. The van der Waals surface area contributed by atoms with E-state index in [0.29, 0.717) is 25.7 Å². The molecule has 0 amide bonds. The first-order chi connectivity index (χ1) is 7.82. The van der Waals surface area contributed by atoms with Crippen LogP contribution in [0.1, 0.15) is 39.5 Å². The first-order valence-corrected chi connectivity index (χ1v) is 6.21. The second-order valence-corrected chi connectivity index (χ2v) is 5.69. The Morgan fingerprint density at radius 3 is 2.47 bits per heavy atom. The largest absolute Gasteiger partial charge is 0.389 e. The van der Waals surface area contributed by atoms with E-state index in [9.17, 15) is 10.2 Å². The SMILES string of the molecule is C=C1C/C=C/C(C)(C)C[C@H](O)C(=C)CC[C@H]1O. The summed E-state index contributed by atoms with van der Waals surface area (Å²) in [4.78, 5) is 0. The van der Waals surface area contributed by atoms with Crippen molar-refractivity contribution < 1.29 is 10.2 Å². The van der Waals surface area contributed by atoms with Crippen LogP contribution in [0.25, 0.3) is 0 Å². The topological polar surface area (TPSA) is 40.5 Å². The standard InChI is InChI=1S/C15H24O2/c1-11-6-5-9-15(3,4)10-14(17)12(2)7-8-13(11)16/h5,9,13-14,16-17H,1-2,6-8,10H2,3-4H3/b9-5+/t13-,14+/m1/s1. The first kappa shape index (κ1) is 14.2. The lowest BCUT2D eigenvalue weighted by Gasteiger charge is -2.25. The molecule has 0 fully saturated rings. The van der Waals surface area contributed by atoms with Crippen LogP contribution in [-0.4, -0.2) is 22.4 Å². The first-order valence-electron chi connectivity index (χ1n) is 6.21. The van der Waals surface area contributed by atoms with Crippen molar-refractivity contribution in [2.24, 2.45) is 5.41 Å². The van der Waals surface area contributed by atoms with Gasteiger partial charge in [-0.3, -0.25) is 0 Å². The number of allylic oxidation sites excluding steroid dienone is 2. The predicted octanol–water partition coefficient (Wildman–Crippen LogP) is 2.98. The van der Waals surface area contributed by atoms with Crippen LogP contribution in [0.4, 0.5) is 0 Å². The summed E-state index contributed by atoms with van der Waals surface area (Å²) in [6, 6.07) is 0. The zero-order valence-electron chi connectivity index (χ0n) is 10.9. The monoisotopic (exact) mass is 236 g/mol. The van der Waals surface area contributed by atoms with Crippen LogP contribution in [0.15, 0.2) is 36.5 Å². The average molecular weight is 236 g/mol. The molecule has 0 heterocycles. The van der Waals surface area contributed by atoms with Crippen LogP contribution in [0, 0.1) is 5.41 Å². The molecule has 0 aromatic carbocycles. The Hall–Kier alpha value is -0.860. The molecule has 17 heavy (non-hydrogen) atoms. The lowest BCUT2D eigenvalue weighted by Crippen LogP contribution is -2.20. The molecule has 0 saturated heterocycles. The Kier molecular flexibility index (Phi) is 4.72. The Balaban J connectivity index is 2.84. The summed E-state index contributed by atoms with van der Waals surface area (Å²) in [6.07, 6.45) is 5.76. The van der Waals surface area contributed by atoms with Gasteiger partial charge in [0.05, 0.1) is 12.2 Å². The number of hydrogen-bond donors (Lipinski definition) is 2. The molecule has 0 unspecified atom stereocenters. The van der Waals surface area contributed by atoms with E-state index in [-0.39, 0.29) is 5.41 Å². The summed E-state index contributed by atoms with van der Waals surface area (Å²) in [5.74, 6) is 0. The molecular formula is C15H24O2. The summed E-state index contributed by atoms with van der Waals surface area (Å²) in [5.41, 5.74) is 1.58. The molecule has 0 aliphatic heterocycles. The summed E-state index contributed by atoms with van der Waals surface area (Å²) in [7, 11) is 0. The van der Waals surface area contributed by atoms with Gasteiger partial charge in [-0.2, -0.15) is 0 Å². The van der Waals surface area contributed by atoms with E-state index in [0.717, 1.165) is 11.1 Å². The lowest BCUT2D eigenvalue weighted by molar-refractivity contribution is 0.154. The number of aliphatic hydroxyl groups excluding tert-OH is 2.